The third-order valence-corrected chi connectivity index (χ3v) is 10.1. The number of phenols is 1. The van der Waals surface area contributed by atoms with Crippen molar-refractivity contribution in [3.05, 3.63) is 88.0 Å². The molecule has 4 N–H and O–H groups in total. The lowest BCUT2D eigenvalue weighted by molar-refractivity contribution is -0.130. The molecule has 12 nitrogen and oxygen atoms in total. The Bertz CT molecular complexity index is 1800. The highest BCUT2D eigenvalue weighted by Crippen LogP contribution is 2.56. The number of aliphatic hydroxyl groups is 1. The van der Waals surface area contributed by atoms with Crippen LogP contribution in [0.1, 0.15) is 57.4 Å². The minimum absolute atomic E-state index is 0.0322. The van der Waals surface area contributed by atoms with Crippen LogP contribution in [0.3, 0.4) is 0 Å². The second-order valence-corrected chi connectivity index (χ2v) is 12.9. The number of piperazine rings is 1. The summed E-state index contributed by atoms with van der Waals surface area (Å²) < 4.78 is 28.7. The first-order valence-electron chi connectivity index (χ1n) is 16.5. The second kappa shape index (κ2) is 13.3. The van der Waals surface area contributed by atoms with Crippen LogP contribution in [0.15, 0.2) is 49.1 Å². The highest BCUT2D eigenvalue weighted by atomic mass is 16.7. The molecule has 1 amide bonds. The summed E-state index contributed by atoms with van der Waals surface area (Å²) in [5.41, 5.74) is 5.36. The third kappa shape index (κ3) is 5.73. The number of hydrogen-bond donors (Lipinski definition) is 4. The normalized spacial score (nSPS) is 23.1. The van der Waals surface area contributed by atoms with Gasteiger partial charge in [-0.3, -0.25) is 9.69 Å². The van der Waals surface area contributed by atoms with E-state index in [9.17, 15) is 19.8 Å². The van der Waals surface area contributed by atoms with Crippen molar-refractivity contribution in [1.29, 1.82) is 0 Å². The molecular weight excluding hydrogens is 630 g/mol. The minimum atomic E-state index is -0.973. The molecule has 0 saturated carbocycles. The first-order valence-corrected chi connectivity index (χ1v) is 16.5. The molecule has 7 rings (SSSR count). The van der Waals surface area contributed by atoms with E-state index >= 15 is 0 Å². The SMILES string of the molecule is C=CCOC(=O)Oc1c(C)c2c(c3c1CC1[C@@H]4N[C@H](Cc5cc(C)c(OC)c(O)c54)[C@H](O)N1[C@H]3CNC(=O)CCc1ccccc1)OCO2. The molecule has 0 aliphatic carbocycles. The lowest BCUT2D eigenvalue weighted by atomic mass is 9.74. The number of nitrogens with zero attached hydrogens (tertiary/aromatic N) is 1. The van der Waals surface area contributed by atoms with Crippen LogP contribution in [-0.2, 0) is 28.8 Å². The number of methoxy groups -OCH3 is 1. The van der Waals surface area contributed by atoms with E-state index in [4.69, 9.17) is 23.7 Å². The van der Waals surface area contributed by atoms with Crippen LogP contribution in [-0.4, -0.2) is 72.5 Å². The Morgan fingerprint density at radius 2 is 1.90 bits per heavy atom. The number of aryl methyl sites for hydroxylation is 2. The molecule has 0 radical (unpaired) electrons. The first kappa shape index (κ1) is 32.8. The van der Waals surface area contributed by atoms with Crippen LogP contribution in [0.25, 0.3) is 0 Å². The molecule has 1 fully saturated rings. The van der Waals surface area contributed by atoms with Gasteiger partial charge in [-0.05, 0) is 49.8 Å². The van der Waals surface area contributed by atoms with Gasteiger partial charge >= 0.3 is 6.16 Å². The average molecular weight is 672 g/mol. The van der Waals surface area contributed by atoms with Crippen LogP contribution >= 0.6 is 0 Å². The van der Waals surface area contributed by atoms with E-state index in [1.807, 2.05) is 48.2 Å². The predicted molar refractivity (Wildman–Crippen MR) is 178 cm³/mol. The second-order valence-electron chi connectivity index (χ2n) is 12.9. The fourth-order valence-electron chi connectivity index (χ4n) is 8.00. The first-order chi connectivity index (χ1) is 23.7. The topological polar surface area (TPSA) is 148 Å². The van der Waals surface area contributed by atoms with Crippen molar-refractivity contribution in [2.24, 2.45) is 0 Å². The van der Waals surface area contributed by atoms with Gasteiger partial charge in [-0.15, -0.1) is 0 Å². The van der Waals surface area contributed by atoms with Crippen LogP contribution < -0.4 is 29.6 Å². The van der Waals surface area contributed by atoms with Crippen molar-refractivity contribution < 1.29 is 43.5 Å². The maximum atomic E-state index is 13.3. The summed E-state index contributed by atoms with van der Waals surface area (Å²) in [6.45, 7) is 7.33. The molecule has 4 heterocycles. The van der Waals surface area contributed by atoms with Gasteiger partial charge in [-0.2, -0.15) is 0 Å². The van der Waals surface area contributed by atoms with Gasteiger partial charge in [0.05, 0.1) is 25.2 Å². The number of amides is 1. The standard InChI is InChI=1S/C37H41N3O9/c1-5-13-46-37(44)49-33-20(3)34-35(48-18-47-34)29-23(33)16-25-30-28-22(14-19(2)32(45-4)31(28)42)15-24(39-30)36(43)40(25)26(29)17-38-27(41)12-11-21-9-7-6-8-10-21/h5-10,14,24-26,30,36,39,42-43H,1,11-13,15-18H2,2-4H3,(H,38,41)/t24-,25?,26+,30+,36+/m1/s1. The zero-order chi connectivity index (χ0) is 34.4. The number of carbonyl (C=O) groups excluding carboxylic acids is 2. The van der Waals surface area contributed by atoms with Gasteiger partial charge in [0.1, 0.15) is 18.6 Å². The van der Waals surface area contributed by atoms with Crippen LogP contribution in [0, 0.1) is 13.8 Å². The predicted octanol–water partition coefficient (Wildman–Crippen LogP) is 4.05. The summed E-state index contributed by atoms with van der Waals surface area (Å²) >= 11 is 0. The van der Waals surface area contributed by atoms with Gasteiger partial charge in [0.2, 0.25) is 12.7 Å². The number of aromatic hydroxyl groups is 1. The number of ether oxygens (including phenoxy) is 5. The van der Waals surface area contributed by atoms with Gasteiger partial charge < -0.3 is 44.5 Å². The molecular formula is C37H41N3O9. The van der Waals surface area contributed by atoms with Crippen molar-refractivity contribution in [1.82, 2.24) is 15.5 Å². The summed E-state index contributed by atoms with van der Waals surface area (Å²) in [6, 6.07) is 9.92. The number of hydrogen-bond acceptors (Lipinski definition) is 11. The number of nitrogens with one attached hydrogen (secondary N) is 2. The fraction of sp³-hybridized carbons (Fsp3) is 0.405. The number of rotatable bonds is 9. The number of fused-ring (bicyclic) bond motifs is 9. The summed E-state index contributed by atoms with van der Waals surface area (Å²) in [7, 11) is 1.53. The summed E-state index contributed by atoms with van der Waals surface area (Å²) in [6.07, 6.45) is 1.19. The van der Waals surface area contributed by atoms with E-state index in [0.29, 0.717) is 58.8 Å². The van der Waals surface area contributed by atoms with Crippen LogP contribution in [0.4, 0.5) is 4.79 Å². The van der Waals surface area contributed by atoms with Gasteiger partial charge in [0.25, 0.3) is 0 Å². The van der Waals surface area contributed by atoms with Gasteiger partial charge in [0.15, 0.2) is 23.0 Å². The van der Waals surface area contributed by atoms with Crippen molar-refractivity contribution in [2.75, 3.05) is 27.1 Å². The third-order valence-electron chi connectivity index (χ3n) is 10.1. The van der Waals surface area contributed by atoms with E-state index in [2.05, 4.69) is 17.2 Å². The van der Waals surface area contributed by atoms with Crippen molar-refractivity contribution in [3.63, 3.8) is 0 Å². The van der Waals surface area contributed by atoms with Gasteiger partial charge in [0, 0.05) is 41.3 Å². The van der Waals surface area contributed by atoms with Crippen molar-refractivity contribution >= 4 is 12.1 Å². The highest BCUT2D eigenvalue weighted by molar-refractivity contribution is 5.76. The lowest BCUT2D eigenvalue weighted by Gasteiger charge is -2.56. The molecule has 49 heavy (non-hydrogen) atoms. The molecule has 12 heteroatoms. The molecule has 0 aromatic heterocycles. The average Bonchev–Trinajstić information content (AvgIpc) is 3.59. The molecule has 3 aromatic carbocycles. The Morgan fingerprint density at radius 1 is 1.12 bits per heavy atom. The highest BCUT2D eigenvalue weighted by Gasteiger charge is 2.54. The van der Waals surface area contributed by atoms with E-state index in [-0.39, 0.29) is 49.8 Å². The largest absolute Gasteiger partial charge is 0.514 e. The maximum absolute atomic E-state index is 13.3. The zero-order valence-electron chi connectivity index (χ0n) is 27.8. The Morgan fingerprint density at radius 3 is 2.65 bits per heavy atom. The van der Waals surface area contributed by atoms with Crippen molar-refractivity contribution in [3.8, 4) is 28.7 Å². The Labute approximate surface area is 284 Å². The van der Waals surface area contributed by atoms with Gasteiger partial charge in [-0.25, -0.2) is 4.79 Å². The zero-order valence-corrected chi connectivity index (χ0v) is 27.8. The van der Waals surface area contributed by atoms with Crippen LogP contribution in [0.5, 0.6) is 28.7 Å². The molecule has 3 aromatic rings. The van der Waals surface area contributed by atoms with Crippen LogP contribution in [0.2, 0.25) is 0 Å². The molecule has 1 unspecified atom stereocenters. The summed E-state index contributed by atoms with van der Waals surface area (Å²) in [4.78, 5) is 28.2. The Hall–Kier alpha value is -4.78. The quantitative estimate of drug-likeness (QED) is 0.148. The Kier molecular flexibility index (Phi) is 8.86. The van der Waals surface area contributed by atoms with E-state index in [0.717, 1.165) is 16.7 Å². The van der Waals surface area contributed by atoms with E-state index < -0.39 is 30.5 Å². The van der Waals surface area contributed by atoms with E-state index in [1.165, 1.54) is 13.2 Å². The monoisotopic (exact) mass is 671 g/mol. The summed E-state index contributed by atoms with van der Waals surface area (Å²) in [5.74, 6) is 1.48. The maximum Gasteiger partial charge on any atom is 0.514 e. The number of carbonyl (C=O) groups is 2. The molecule has 2 bridgehead atoms. The summed E-state index contributed by atoms with van der Waals surface area (Å²) in [5, 5.41) is 30.3. The number of phenolic OH excluding ortho intramolecular Hbond substituents is 1. The lowest BCUT2D eigenvalue weighted by Crippen LogP contribution is -2.69. The van der Waals surface area contributed by atoms with Gasteiger partial charge in [-0.1, -0.05) is 49.1 Å². The fourth-order valence-corrected chi connectivity index (χ4v) is 8.00. The molecule has 0 spiro atoms. The molecule has 4 aliphatic rings. The number of aliphatic hydroxyl groups excluding tert-OH is 1. The molecule has 258 valence electrons. The molecule has 1 saturated heterocycles. The van der Waals surface area contributed by atoms with Crippen molar-refractivity contribution in [2.45, 2.75) is 69.9 Å². The molecule has 5 atom stereocenters. The smallest absolute Gasteiger partial charge is 0.504 e. The minimum Gasteiger partial charge on any atom is -0.504 e. The molecule has 4 aliphatic heterocycles. The number of benzene rings is 3. The Balaban J connectivity index is 1.32. The van der Waals surface area contributed by atoms with E-state index in [1.54, 1.807) is 6.92 Å².